The summed E-state index contributed by atoms with van der Waals surface area (Å²) in [6, 6.07) is 6.11. The summed E-state index contributed by atoms with van der Waals surface area (Å²) in [5, 5.41) is 1.92. The van der Waals surface area contributed by atoms with Gasteiger partial charge in [0.2, 0.25) is 0 Å². The molecule has 2 rings (SSSR count). The third kappa shape index (κ3) is 2.44. The molecule has 7 heteroatoms. The molecule has 1 amide bonds. The monoisotopic (exact) mass is 271 g/mol. The number of anilines is 1. The fourth-order valence-corrected chi connectivity index (χ4v) is 1.60. The number of carbonyl (C=O) groups excluding carboxylic acids is 2. The molecule has 4 nitrogen and oxygen atoms in total. The Morgan fingerprint density at radius 2 is 1.84 bits per heavy atom. The minimum absolute atomic E-state index is 0.227. The van der Waals surface area contributed by atoms with E-state index in [2.05, 4.69) is 0 Å². The van der Waals surface area contributed by atoms with Crippen LogP contribution >= 0.6 is 0 Å². The Kier molecular flexibility index (Phi) is 3.05. The van der Waals surface area contributed by atoms with Crippen LogP contribution < -0.4 is 5.32 Å². The van der Waals surface area contributed by atoms with Crippen LogP contribution in [-0.4, -0.2) is 17.9 Å². The van der Waals surface area contributed by atoms with Crippen LogP contribution in [0.1, 0.15) is 17.5 Å². The number of alkyl halides is 3. The van der Waals surface area contributed by atoms with Crippen molar-refractivity contribution >= 4 is 28.3 Å². The number of fused-ring (bicyclic) bond motifs is 1. The summed E-state index contributed by atoms with van der Waals surface area (Å²) in [5.41, 5.74) is -0.0319. The molecule has 0 aliphatic rings. The van der Waals surface area contributed by atoms with Crippen molar-refractivity contribution in [3.05, 3.63) is 30.0 Å². The Morgan fingerprint density at radius 1 is 1.21 bits per heavy atom. The lowest BCUT2D eigenvalue weighted by Crippen LogP contribution is -2.30. The van der Waals surface area contributed by atoms with Gasteiger partial charge in [0.25, 0.3) is 0 Å². The second-order valence-electron chi connectivity index (χ2n) is 3.81. The van der Waals surface area contributed by atoms with Gasteiger partial charge in [0, 0.05) is 12.3 Å². The molecule has 2 aromatic rings. The number of hydrogen-bond acceptors (Lipinski definition) is 3. The lowest BCUT2D eigenvalue weighted by Gasteiger charge is -2.07. The summed E-state index contributed by atoms with van der Waals surface area (Å²) in [4.78, 5) is 22.3. The zero-order valence-electron chi connectivity index (χ0n) is 9.67. The number of benzene rings is 1. The molecule has 0 fully saturated rings. The predicted molar refractivity (Wildman–Crippen MR) is 60.9 cm³/mol. The molecule has 1 heterocycles. The Labute approximate surface area is 105 Å². The maximum atomic E-state index is 12.2. The van der Waals surface area contributed by atoms with Crippen LogP contribution in [0.3, 0.4) is 0 Å². The van der Waals surface area contributed by atoms with Crippen molar-refractivity contribution in [2.45, 2.75) is 13.1 Å². The average molecular weight is 271 g/mol. The Morgan fingerprint density at radius 3 is 2.42 bits per heavy atom. The summed E-state index contributed by atoms with van der Waals surface area (Å²) in [7, 11) is 0. The quantitative estimate of drug-likeness (QED) is 0.853. The fraction of sp³-hybridized carbons (Fsp3) is 0.167. The molecule has 0 aliphatic heterocycles. The van der Waals surface area contributed by atoms with E-state index >= 15 is 0 Å². The third-order valence-corrected chi connectivity index (χ3v) is 2.41. The minimum Gasteiger partial charge on any atom is -0.451 e. The summed E-state index contributed by atoms with van der Waals surface area (Å²) in [6.07, 6.45) is -5.04. The highest BCUT2D eigenvalue weighted by molar-refractivity contribution is 6.11. The lowest BCUT2D eigenvalue weighted by molar-refractivity contribution is -0.167. The van der Waals surface area contributed by atoms with Crippen molar-refractivity contribution in [2.24, 2.45) is 0 Å². The number of carbonyl (C=O) groups is 2. The van der Waals surface area contributed by atoms with E-state index in [1.807, 2.05) is 0 Å². The van der Waals surface area contributed by atoms with Crippen molar-refractivity contribution in [3.63, 3.8) is 0 Å². The summed E-state index contributed by atoms with van der Waals surface area (Å²) in [5.74, 6) is -3.03. The standard InChI is InChI=1S/C12H8F3NO3/c1-6(17)10-9(16-11(18)12(13,14)15)7-4-2-3-5-8(7)19-10/h2-5H,1H3,(H,16,18). The van der Waals surface area contributed by atoms with Gasteiger partial charge in [-0.2, -0.15) is 13.2 Å². The van der Waals surface area contributed by atoms with Gasteiger partial charge in [-0.25, -0.2) is 0 Å². The van der Waals surface area contributed by atoms with Crippen LogP contribution in [0.5, 0.6) is 0 Å². The highest BCUT2D eigenvalue weighted by atomic mass is 19.4. The van der Waals surface area contributed by atoms with Gasteiger partial charge in [0.05, 0.1) is 5.69 Å². The van der Waals surface area contributed by atoms with Gasteiger partial charge in [-0.05, 0) is 12.1 Å². The van der Waals surface area contributed by atoms with E-state index in [-0.39, 0.29) is 22.4 Å². The molecule has 0 atom stereocenters. The number of ketones is 1. The molecule has 0 unspecified atom stereocenters. The second-order valence-corrected chi connectivity index (χ2v) is 3.81. The maximum Gasteiger partial charge on any atom is 0.471 e. The number of halogens is 3. The number of hydrogen-bond donors (Lipinski definition) is 1. The third-order valence-electron chi connectivity index (χ3n) is 2.41. The number of Topliss-reactive ketones (excluding diaryl/α,β-unsaturated/α-hetero) is 1. The first kappa shape index (κ1) is 13.1. The van der Waals surface area contributed by atoms with Gasteiger partial charge in [-0.1, -0.05) is 12.1 Å². The molecule has 0 saturated heterocycles. The largest absolute Gasteiger partial charge is 0.471 e. The van der Waals surface area contributed by atoms with Crippen LogP contribution in [0.2, 0.25) is 0 Å². The number of furan rings is 1. The van der Waals surface area contributed by atoms with E-state index in [0.29, 0.717) is 0 Å². The zero-order chi connectivity index (χ0) is 14.2. The van der Waals surface area contributed by atoms with Gasteiger partial charge in [0.1, 0.15) is 5.58 Å². The van der Waals surface area contributed by atoms with Crippen molar-refractivity contribution < 1.29 is 27.2 Å². The van der Waals surface area contributed by atoms with Crippen molar-refractivity contribution in [3.8, 4) is 0 Å². The first-order valence-corrected chi connectivity index (χ1v) is 5.21. The summed E-state index contributed by atoms with van der Waals surface area (Å²) < 4.78 is 41.9. The number of nitrogens with one attached hydrogen (secondary N) is 1. The minimum atomic E-state index is -5.04. The fourth-order valence-electron chi connectivity index (χ4n) is 1.60. The summed E-state index contributed by atoms with van der Waals surface area (Å²) >= 11 is 0. The first-order valence-electron chi connectivity index (χ1n) is 5.21. The number of amides is 1. The first-order chi connectivity index (χ1) is 8.80. The van der Waals surface area contributed by atoms with E-state index in [4.69, 9.17) is 4.42 Å². The van der Waals surface area contributed by atoms with Crippen molar-refractivity contribution in [1.29, 1.82) is 0 Å². The summed E-state index contributed by atoms with van der Waals surface area (Å²) in [6.45, 7) is 1.14. The normalized spacial score (nSPS) is 11.6. The Balaban J connectivity index is 2.54. The zero-order valence-corrected chi connectivity index (χ0v) is 9.67. The van der Waals surface area contributed by atoms with Crippen LogP contribution in [0.25, 0.3) is 11.0 Å². The van der Waals surface area contributed by atoms with Gasteiger partial charge >= 0.3 is 12.1 Å². The van der Waals surface area contributed by atoms with Gasteiger partial charge < -0.3 is 9.73 Å². The van der Waals surface area contributed by atoms with E-state index < -0.39 is 17.9 Å². The van der Waals surface area contributed by atoms with Gasteiger partial charge in [0.15, 0.2) is 11.5 Å². The molecular weight excluding hydrogens is 263 g/mol. The maximum absolute atomic E-state index is 12.2. The molecule has 0 radical (unpaired) electrons. The molecule has 0 aliphatic carbocycles. The number of para-hydroxylation sites is 1. The molecule has 0 spiro atoms. The van der Waals surface area contributed by atoms with Crippen molar-refractivity contribution in [1.82, 2.24) is 0 Å². The predicted octanol–water partition coefficient (Wildman–Crippen LogP) is 3.14. The number of rotatable bonds is 2. The van der Waals surface area contributed by atoms with Crippen LogP contribution in [0.15, 0.2) is 28.7 Å². The van der Waals surface area contributed by atoms with E-state index in [9.17, 15) is 22.8 Å². The molecule has 100 valence electrons. The highest BCUT2D eigenvalue weighted by Gasteiger charge is 2.39. The molecule has 19 heavy (non-hydrogen) atoms. The molecule has 0 bridgehead atoms. The average Bonchev–Trinajstić information content (AvgIpc) is 2.67. The van der Waals surface area contributed by atoms with Gasteiger partial charge in [-0.15, -0.1) is 0 Å². The second kappa shape index (κ2) is 4.42. The molecule has 1 aromatic carbocycles. The highest BCUT2D eigenvalue weighted by Crippen LogP contribution is 2.32. The molecular formula is C12H8F3NO3. The van der Waals surface area contributed by atoms with Gasteiger partial charge in [-0.3, -0.25) is 9.59 Å². The van der Waals surface area contributed by atoms with Crippen LogP contribution in [0, 0.1) is 0 Å². The molecule has 1 N–H and O–H groups in total. The van der Waals surface area contributed by atoms with E-state index in [1.54, 1.807) is 17.4 Å². The Hall–Kier alpha value is -2.31. The van der Waals surface area contributed by atoms with E-state index in [1.165, 1.54) is 12.1 Å². The van der Waals surface area contributed by atoms with Crippen LogP contribution in [0.4, 0.5) is 18.9 Å². The van der Waals surface area contributed by atoms with E-state index in [0.717, 1.165) is 6.92 Å². The Bertz CT molecular complexity index is 658. The van der Waals surface area contributed by atoms with Crippen LogP contribution in [-0.2, 0) is 4.79 Å². The molecule has 1 aromatic heterocycles. The smallest absolute Gasteiger partial charge is 0.451 e. The topological polar surface area (TPSA) is 59.3 Å². The SMILES string of the molecule is CC(=O)c1oc2ccccc2c1NC(=O)C(F)(F)F. The van der Waals surface area contributed by atoms with Crippen molar-refractivity contribution in [2.75, 3.05) is 5.32 Å². The lowest BCUT2D eigenvalue weighted by atomic mass is 10.2. The molecule has 0 saturated carbocycles.